The molecule has 132 valence electrons. The first-order chi connectivity index (χ1) is 12.0. The van der Waals surface area contributed by atoms with E-state index in [0.29, 0.717) is 18.0 Å². The highest BCUT2D eigenvalue weighted by atomic mass is 16.5. The molecular weight excluding hydrogens is 328 g/mol. The van der Waals surface area contributed by atoms with Crippen LogP contribution in [0.3, 0.4) is 0 Å². The van der Waals surface area contributed by atoms with Crippen LogP contribution in [-0.2, 0) is 14.4 Å². The molecule has 0 unspecified atom stereocenters. The van der Waals surface area contributed by atoms with Crippen molar-refractivity contribution in [1.82, 2.24) is 15.5 Å². The van der Waals surface area contributed by atoms with Gasteiger partial charge in [0.15, 0.2) is 0 Å². The molecule has 2 aliphatic rings. The average Bonchev–Trinajstić information content (AvgIpc) is 3.11. The van der Waals surface area contributed by atoms with Gasteiger partial charge in [-0.25, -0.2) is 4.79 Å². The van der Waals surface area contributed by atoms with Gasteiger partial charge in [-0.3, -0.25) is 19.3 Å². The number of urea groups is 1. The Morgan fingerprint density at radius 1 is 1.28 bits per heavy atom. The first kappa shape index (κ1) is 16.7. The number of anilines is 1. The molecule has 0 aromatic heterocycles. The molecule has 9 nitrogen and oxygen atoms in total. The van der Waals surface area contributed by atoms with Gasteiger partial charge in [0, 0.05) is 13.0 Å². The lowest BCUT2D eigenvalue weighted by molar-refractivity contribution is -0.131. The van der Waals surface area contributed by atoms with Crippen LogP contribution in [0.4, 0.5) is 10.5 Å². The molecule has 1 aromatic carbocycles. The van der Waals surface area contributed by atoms with Crippen molar-refractivity contribution in [3.63, 3.8) is 0 Å². The zero-order chi connectivity index (χ0) is 18.0. The minimum atomic E-state index is -0.585. The molecule has 5 amide bonds. The van der Waals surface area contributed by atoms with E-state index in [1.165, 1.54) is 7.11 Å². The fourth-order valence-electron chi connectivity index (χ4n) is 2.92. The Kier molecular flexibility index (Phi) is 4.55. The minimum Gasteiger partial charge on any atom is -0.495 e. The summed E-state index contributed by atoms with van der Waals surface area (Å²) in [4.78, 5) is 49.7. The lowest BCUT2D eigenvalue weighted by Crippen LogP contribution is -2.45. The van der Waals surface area contributed by atoms with Gasteiger partial charge >= 0.3 is 6.03 Å². The van der Waals surface area contributed by atoms with Crippen molar-refractivity contribution in [2.24, 2.45) is 0 Å². The Morgan fingerprint density at radius 3 is 2.72 bits per heavy atom. The van der Waals surface area contributed by atoms with E-state index in [2.05, 4.69) is 10.6 Å². The minimum absolute atomic E-state index is 0.102. The highest BCUT2D eigenvalue weighted by Crippen LogP contribution is 2.30. The normalized spacial score (nSPS) is 20.0. The van der Waals surface area contributed by atoms with E-state index in [0.717, 1.165) is 4.90 Å². The van der Waals surface area contributed by atoms with E-state index in [-0.39, 0.29) is 25.4 Å². The zero-order valence-electron chi connectivity index (χ0n) is 13.7. The summed E-state index contributed by atoms with van der Waals surface area (Å²) in [6.45, 7) is -0.162. The van der Waals surface area contributed by atoms with Gasteiger partial charge in [-0.15, -0.1) is 0 Å². The third kappa shape index (κ3) is 3.39. The molecule has 0 saturated carbocycles. The lowest BCUT2D eigenvalue weighted by Gasteiger charge is -2.20. The number of nitrogens with zero attached hydrogens (tertiary/aromatic N) is 2. The summed E-state index contributed by atoms with van der Waals surface area (Å²) in [6, 6.07) is 6.15. The molecule has 0 radical (unpaired) electrons. The predicted octanol–water partition coefficient (Wildman–Crippen LogP) is -0.531. The van der Waals surface area contributed by atoms with E-state index in [9.17, 15) is 19.2 Å². The fourth-order valence-corrected chi connectivity index (χ4v) is 2.92. The van der Waals surface area contributed by atoms with Crippen molar-refractivity contribution in [3.8, 4) is 5.75 Å². The van der Waals surface area contributed by atoms with Crippen molar-refractivity contribution >= 4 is 29.4 Å². The third-order valence-electron chi connectivity index (χ3n) is 4.10. The Morgan fingerprint density at radius 2 is 2.04 bits per heavy atom. The van der Waals surface area contributed by atoms with Crippen LogP contribution >= 0.6 is 0 Å². The van der Waals surface area contributed by atoms with Crippen molar-refractivity contribution < 1.29 is 23.9 Å². The smallest absolute Gasteiger partial charge is 0.325 e. The third-order valence-corrected chi connectivity index (χ3v) is 4.10. The van der Waals surface area contributed by atoms with Crippen molar-refractivity contribution in [3.05, 3.63) is 24.3 Å². The molecule has 2 heterocycles. The maximum absolute atomic E-state index is 12.3. The molecule has 0 spiro atoms. The summed E-state index contributed by atoms with van der Waals surface area (Å²) >= 11 is 0. The first-order valence-electron chi connectivity index (χ1n) is 7.80. The maximum atomic E-state index is 12.3. The van der Waals surface area contributed by atoms with Gasteiger partial charge in [-0.1, -0.05) is 12.1 Å². The second kappa shape index (κ2) is 6.80. The highest BCUT2D eigenvalue weighted by Gasteiger charge is 2.35. The molecule has 2 saturated heterocycles. The van der Waals surface area contributed by atoms with Crippen molar-refractivity contribution in [2.75, 3.05) is 31.6 Å². The fraction of sp³-hybridized carbons (Fsp3) is 0.375. The zero-order valence-corrected chi connectivity index (χ0v) is 13.7. The molecule has 0 aliphatic carbocycles. The van der Waals surface area contributed by atoms with Gasteiger partial charge < -0.3 is 20.3 Å². The van der Waals surface area contributed by atoms with Crippen molar-refractivity contribution in [1.29, 1.82) is 0 Å². The standard InChI is InChI=1S/C16H18N4O5/c1-25-12-5-3-2-4-11(12)19-8-10(6-14(19)22)18-13(21)9-20-15(23)7-17-16(20)24/h2-5,10H,6-9H2,1H3,(H,17,24)(H,18,21)/t10-/m0/s1. The first-order valence-corrected chi connectivity index (χ1v) is 7.80. The number of hydrogen-bond acceptors (Lipinski definition) is 5. The number of hydrogen-bond donors (Lipinski definition) is 2. The van der Waals surface area contributed by atoms with Crippen molar-refractivity contribution in [2.45, 2.75) is 12.5 Å². The molecule has 0 bridgehead atoms. The number of benzene rings is 1. The van der Waals surface area contributed by atoms with E-state index in [1.807, 2.05) is 0 Å². The summed E-state index contributed by atoms with van der Waals surface area (Å²) in [5, 5.41) is 5.05. The van der Waals surface area contributed by atoms with Crippen LogP contribution in [0.1, 0.15) is 6.42 Å². The van der Waals surface area contributed by atoms with Crippen LogP contribution in [0.2, 0.25) is 0 Å². The number of ether oxygens (including phenoxy) is 1. The monoisotopic (exact) mass is 346 g/mol. The maximum Gasteiger partial charge on any atom is 0.325 e. The highest BCUT2D eigenvalue weighted by molar-refractivity contribution is 6.04. The number of methoxy groups -OCH3 is 1. The van der Waals surface area contributed by atoms with E-state index >= 15 is 0 Å². The number of imide groups is 1. The SMILES string of the molecule is COc1ccccc1N1C[C@@H](NC(=O)CN2C(=O)CNC2=O)CC1=O. The quantitative estimate of drug-likeness (QED) is 0.697. The summed E-state index contributed by atoms with van der Waals surface area (Å²) in [6.07, 6.45) is 0.143. The molecule has 3 rings (SSSR count). The Hall–Kier alpha value is -3.10. The number of nitrogens with one attached hydrogen (secondary N) is 2. The number of rotatable bonds is 5. The number of amides is 5. The van der Waals surface area contributed by atoms with E-state index in [4.69, 9.17) is 4.74 Å². The van der Waals surface area contributed by atoms with Gasteiger partial charge in [-0.05, 0) is 12.1 Å². The number of carbonyl (C=O) groups excluding carboxylic acids is 4. The molecule has 2 N–H and O–H groups in total. The van der Waals surface area contributed by atoms with Gasteiger partial charge in [0.05, 0.1) is 25.4 Å². The molecule has 25 heavy (non-hydrogen) atoms. The number of carbonyl (C=O) groups is 4. The number of para-hydroxylation sites is 2. The molecule has 9 heteroatoms. The summed E-state index contributed by atoms with van der Waals surface area (Å²) in [5.74, 6) is -0.490. The summed E-state index contributed by atoms with van der Waals surface area (Å²) in [7, 11) is 1.52. The van der Waals surface area contributed by atoms with Crippen LogP contribution in [0.15, 0.2) is 24.3 Å². The molecule has 2 aliphatic heterocycles. The van der Waals surface area contributed by atoms with Gasteiger partial charge in [-0.2, -0.15) is 0 Å². The largest absolute Gasteiger partial charge is 0.495 e. The van der Waals surface area contributed by atoms with Gasteiger partial charge in [0.25, 0.3) is 5.91 Å². The van der Waals surface area contributed by atoms with Crippen LogP contribution in [-0.4, -0.2) is 61.4 Å². The summed E-state index contributed by atoms with van der Waals surface area (Å²) in [5.41, 5.74) is 0.640. The van der Waals surface area contributed by atoms with Crippen LogP contribution in [0, 0.1) is 0 Å². The van der Waals surface area contributed by atoms with Gasteiger partial charge in [0.1, 0.15) is 12.3 Å². The second-order valence-electron chi connectivity index (χ2n) is 5.78. The van der Waals surface area contributed by atoms with Crippen LogP contribution in [0.25, 0.3) is 0 Å². The van der Waals surface area contributed by atoms with E-state index in [1.54, 1.807) is 29.2 Å². The molecule has 1 aromatic rings. The average molecular weight is 346 g/mol. The predicted molar refractivity (Wildman–Crippen MR) is 87.0 cm³/mol. The Labute approximate surface area is 143 Å². The molecule has 1 atom stereocenters. The molecular formula is C16H18N4O5. The van der Waals surface area contributed by atoms with Crippen LogP contribution in [0.5, 0.6) is 5.75 Å². The second-order valence-corrected chi connectivity index (χ2v) is 5.78. The van der Waals surface area contributed by atoms with Gasteiger partial charge in [0.2, 0.25) is 11.8 Å². The Balaban J connectivity index is 1.62. The molecule has 2 fully saturated rings. The van der Waals surface area contributed by atoms with Crippen LogP contribution < -0.4 is 20.3 Å². The topological polar surface area (TPSA) is 108 Å². The van der Waals surface area contributed by atoms with E-state index < -0.39 is 23.9 Å². The summed E-state index contributed by atoms with van der Waals surface area (Å²) < 4.78 is 5.26. The Bertz CT molecular complexity index is 719. The lowest BCUT2D eigenvalue weighted by atomic mass is 10.2.